The van der Waals surface area contributed by atoms with Crippen molar-refractivity contribution in [2.75, 3.05) is 0 Å². The molecule has 0 radical (unpaired) electrons. The molecule has 0 nitrogen and oxygen atoms in total. The molecule has 0 spiro atoms. The first-order valence-electron chi connectivity index (χ1n) is 21.2. The van der Waals surface area contributed by atoms with Crippen molar-refractivity contribution in [2.45, 2.75) is 58.3 Å². The highest BCUT2D eigenvalue weighted by Gasteiger charge is 2.20. The predicted octanol–water partition coefficient (Wildman–Crippen LogP) is 16.8. The van der Waals surface area contributed by atoms with E-state index in [2.05, 4.69) is 234 Å². The molecule has 0 amide bonds. The first kappa shape index (κ1) is 40.7. The molecule has 59 heavy (non-hydrogen) atoms. The van der Waals surface area contributed by atoms with E-state index in [0.717, 1.165) is 12.8 Å². The van der Waals surface area contributed by atoms with Crippen molar-refractivity contribution in [1.29, 1.82) is 0 Å². The van der Waals surface area contributed by atoms with Gasteiger partial charge >= 0.3 is 0 Å². The molecule has 0 bridgehead atoms. The zero-order valence-electron chi connectivity index (χ0n) is 34.9. The van der Waals surface area contributed by atoms with Gasteiger partial charge in [-0.25, -0.2) is 0 Å². The van der Waals surface area contributed by atoms with Crippen LogP contribution in [0.25, 0.3) is 55.6 Å². The molecule has 0 aliphatic rings. The maximum absolute atomic E-state index is 3.00. The SMILES string of the molecule is C=C.CCCCc1ccc(-c2ccc(-c3ccc([C@H](C)CC(c4ccc(-c5ccccc5)cc4)c4ccc(-c5ccccc5)cc4)cc3)cc2)cc1-c1ccccc1C. The van der Waals surface area contributed by atoms with Crippen LogP contribution in [0.15, 0.2) is 213 Å². The van der Waals surface area contributed by atoms with Gasteiger partial charge in [-0.3, -0.25) is 0 Å². The van der Waals surface area contributed by atoms with Gasteiger partial charge in [0.2, 0.25) is 0 Å². The van der Waals surface area contributed by atoms with E-state index >= 15 is 0 Å². The number of aryl methyl sites for hydroxylation is 2. The van der Waals surface area contributed by atoms with Crippen LogP contribution < -0.4 is 0 Å². The van der Waals surface area contributed by atoms with E-state index in [-0.39, 0.29) is 5.92 Å². The van der Waals surface area contributed by atoms with Crippen LogP contribution in [-0.2, 0) is 6.42 Å². The van der Waals surface area contributed by atoms with Gasteiger partial charge in [-0.2, -0.15) is 0 Å². The zero-order valence-corrected chi connectivity index (χ0v) is 34.9. The van der Waals surface area contributed by atoms with Crippen molar-refractivity contribution in [3.63, 3.8) is 0 Å². The minimum absolute atomic E-state index is 0.272. The summed E-state index contributed by atoms with van der Waals surface area (Å²) >= 11 is 0. The fraction of sp³-hybridized carbons (Fsp3) is 0.153. The van der Waals surface area contributed by atoms with Gasteiger partial charge < -0.3 is 0 Å². The molecule has 0 N–H and O–H groups in total. The topological polar surface area (TPSA) is 0 Å². The molecular weight excluding hydrogens is 709 g/mol. The molecular formula is C59H56. The van der Waals surface area contributed by atoms with Crippen molar-refractivity contribution >= 4 is 0 Å². The van der Waals surface area contributed by atoms with Gasteiger partial charge in [-0.15, -0.1) is 13.2 Å². The summed E-state index contributed by atoms with van der Waals surface area (Å²) in [6.45, 7) is 12.9. The number of benzene rings is 8. The average molecular weight is 765 g/mol. The second-order valence-electron chi connectivity index (χ2n) is 15.7. The molecule has 0 aromatic heterocycles. The second-order valence-corrected chi connectivity index (χ2v) is 15.7. The molecule has 292 valence electrons. The highest BCUT2D eigenvalue weighted by atomic mass is 14.2. The molecule has 8 aromatic carbocycles. The van der Waals surface area contributed by atoms with Crippen molar-refractivity contribution in [1.82, 2.24) is 0 Å². The molecule has 0 aliphatic carbocycles. The van der Waals surface area contributed by atoms with Crippen molar-refractivity contribution in [2.24, 2.45) is 0 Å². The molecule has 0 saturated heterocycles. The molecule has 0 fully saturated rings. The molecule has 0 unspecified atom stereocenters. The first-order valence-corrected chi connectivity index (χ1v) is 21.2. The Kier molecular flexibility index (Phi) is 13.6. The molecule has 8 aromatic rings. The van der Waals surface area contributed by atoms with E-state index in [4.69, 9.17) is 0 Å². The van der Waals surface area contributed by atoms with Crippen LogP contribution in [0.1, 0.15) is 72.8 Å². The highest BCUT2D eigenvalue weighted by Crippen LogP contribution is 2.38. The maximum Gasteiger partial charge on any atom is 0.00950 e. The Labute approximate surface area is 353 Å². The molecule has 0 saturated carbocycles. The van der Waals surface area contributed by atoms with E-state index < -0.39 is 0 Å². The first-order chi connectivity index (χ1) is 29.0. The lowest BCUT2D eigenvalue weighted by molar-refractivity contribution is 0.617. The monoisotopic (exact) mass is 764 g/mol. The Morgan fingerprint density at radius 1 is 0.407 bits per heavy atom. The number of rotatable bonds is 13. The maximum atomic E-state index is 3.00. The Morgan fingerprint density at radius 3 is 1.27 bits per heavy atom. The summed E-state index contributed by atoms with van der Waals surface area (Å²) in [6, 6.07) is 74.1. The van der Waals surface area contributed by atoms with Crippen molar-refractivity contribution < 1.29 is 0 Å². The van der Waals surface area contributed by atoms with Crippen molar-refractivity contribution in [3.05, 3.63) is 241 Å². The third-order valence-electron chi connectivity index (χ3n) is 11.8. The summed E-state index contributed by atoms with van der Waals surface area (Å²) in [5.74, 6) is 0.644. The molecule has 0 heteroatoms. The van der Waals surface area contributed by atoms with Gasteiger partial charge in [-0.05, 0) is 122 Å². The van der Waals surface area contributed by atoms with E-state index in [1.165, 1.54) is 96.3 Å². The summed E-state index contributed by atoms with van der Waals surface area (Å²) in [4.78, 5) is 0. The van der Waals surface area contributed by atoms with Crippen LogP contribution in [0.5, 0.6) is 0 Å². The Morgan fingerprint density at radius 2 is 0.797 bits per heavy atom. The van der Waals surface area contributed by atoms with Crippen LogP contribution in [0.4, 0.5) is 0 Å². The molecule has 1 atom stereocenters. The van der Waals surface area contributed by atoms with E-state index in [0.29, 0.717) is 5.92 Å². The van der Waals surface area contributed by atoms with Gasteiger partial charge in [0.1, 0.15) is 0 Å². The number of unbranched alkanes of at least 4 members (excludes halogenated alkanes) is 1. The minimum atomic E-state index is 0.272. The fourth-order valence-corrected chi connectivity index (χ4v) is 8.36. The zero-order chi connectivity index (χ0) is 41.0. The summed E-state index contributed by atoms with van der Waals surface area (Å²) in [7, 11) is 0. The predicted molar refractivity (Wildman–Crippen MR) is 256 cm³/mol. The van der Waals surface area contributed by atoms with Crippen LogP contribution >= 0.6 is 0 Å². The Bertz CT molecular complexity index is 2430. The highest BCUT2D eigenvalue weighted by molar-refractivity contribution is 5.78. The van der Waals surface area contributed by atoms with E-state index in [1.54, 1.807) is 0 Å². The minimum Gasteiger partial charge on any atom is -0.106 e. The fourth-order valence-electron chi connectivity index (χ4n) is 8.36. The Hall–Kier alpha value is -6.50. The normalized spacial score (nSPS) is 11.5. The molecule has 0 heterocycles. The summed E-state index contributed by atoms with van der Waals surface area (Å²) in [5.41, 5.74) is 19.6. The van der Waals surface area contributed by atoms with E-state index in [9.17, 15) is 0 Å². The van der Waals surface area contributed by atoms with Crippen LogP contribution in [0, 0.1) is 6.92 Å². The van der Waals surface area contributed by atoms with Gasteiger partial charge in [0.15, 0.2) is 0 Å². The van der Waals surface area contributed by atoms with Gasteiger partial charge in [0.05, 0.1) is 0 Å². The van der Waals surface area contributed by atoms with Crippen molar-refractivity contribution in [3.8, 4) is 55.6 Å². The summed E-state index contributed by atoms with van der Waals surface area (Å²) in [6.07, 6.45) is 4.53. The third-order valence-corrected chi connectivity index (χ3v) is 11.8. The average Bonchev–Trinajstić information content (AvgIpc) is 3.32. The molecule has 8 rings (SSSR count). The lowest BCUT2D eigenvalue weighted by atomic mass is 9.81. The lowest BCUT2D eigenvalue weighted by Gasteiger charge is -2.23. The smallest absolute Gasteiger partial charge is 0.00950 e. The van der Waals surface area contributed by atoms with E-state index in [1.807, 2.05) is 0 Å². The second kappa shape index (κ2) is 19.8. The molecule has 0 aliphatic heterocycles. The van der Waals surface area contributed by atoms with Gasteiger partial charge in [0, 0.05) is 5.92 Å². The van der Waals surface area contributed by atoms with Crippen LogP contribution in [-0.4, -0.2) is 0 Å². The largest absolute Gasteiger partial charge is 0.106 e. The van der Waals surface area contributed by atoms with Gasteiger partial charge in [-0.1, -0.05) is 214 Å². The number of hydrogen-bond donors (Lipinski definition) is 0. The number of hydrogen-bond acceptors (Lipinski definition) is 0. The summed E-state index contributed by atoms with van der Waals surface area (Å²) in [5, 5.41) is 0. The van der Waals surface area contributed by atoms with Gasteiger partial charge in [0.25, 0.3) is 0 Å². The van der Waals surface area contributed by atoms with Crippen LogP contribution in [0.3, 0.4) is 0 Å². The Balaban J connectivity index is 0.00000260. The summed E-state index contributed by atoms with van der Waals surface area (Å²) < 4.78 is 0. The quantitative estimate of drug-likeness (QED) is 0.103. The third kappa shape index (κ3) is 9.80. The lowest BCUT2D eigenvalue weighted by Crippen LogP contribution is -2.06. The van der Waals surface area contributed by atoms with Crippen LogP contribution in [0.2, 0.25) is 0 Å². The standard InChI is InChI=1S/C57H52.C2H4/c1-4-5-15-51-37-38-54(40-57(51)55-20-13-12-14-41(55)2)50-27-25-49(26-28-50)48-23-21-43(22-24-48)42(3)39-56(52-33-29-46(30-34-52)44-16-8-6-9-17-44)53-35-31-47(32-36-53)45-18-10-7-11-19-45;1-2/h6-14,16-38,40,42,56H,4-5,15,39H2,1-3H3;1-2H2/t42-;/m1./s1.